The van der Waals surface area contributed by atoms with Crippen LogP contribution in [0.3, 0.4) is 0 Å². The molecule has 2 aromatic carbocycles. The van der Waals surface area contributed by atoms with Gasteiger partial charge in [0.25, 0.3) is 0 Å². The number of fused-ring (bicyclic) bond motifs is 3. The standard InChI is InChI=1S/C68H80N2/c1-3-24-61-50(14-1)16-12-28-63(61)55-21-9-18-52(44-55)47-32-38-57(39-33-47)69(58-40-34-48(35-41-58)53-19-10-22-56(45-53)64-29-13-17-51-15-2-4-25-62(51)64)59-42-36-49(37-43-59)54-20-11-23-60(46-54)70-67-30-7-5-26-65(67)66-27-6-8-31-68(66)70/h1,3-5,14,16,18,23-26,32-34,36-40,42,45,48,54-56,58-59,64-65,67H,2,6-13,15,17,19-22,27-31,35,41,43-44,46H2. The fourth-order valence-electron chi connectivity index (χ4n) is 16.4. The number of rotatable bonds is 9. The summed E-state index contributed by atoms with van der Waals surface area (Å²) in [5, 5.41) is 2.97. The first kappa shape index (κ1) is 45.1. The molecule has 1 aliphatic heterocycles. The molecule has 0 fully saturated rings. The maximum atomic E-state index is 2.91. The van der Waals surface area contributed by atoms with E-state index in [1.165, 1.54) is 169 Å². The zero-order chi connectivity index (χ0) is 46.4. The molecular weight excluding hydrogens is 845 g/mol. The number of hydrogen-bond acceptors (Lipinski definition) is 2. The summed E-state index contributed by atoms with van der Waals surface area (Å²) < 4.78 is 0. The molecule has 0 saturated heterocycles. The lowest BCUT2D eigenvalue weighted by Gasteiger charge is -2.42. The van der Waals surface area contributed by atoms with Gasteiger partial charge in [-0.3, -0.25) is 0 Å². The summed E-state index contributed by atoms with van der Waals surface area (Å²) in [6.45, 7) is 0. The predicted octanol–water partition coefficient (Wildman–Crippen LogP) is 16.0. The van der Waals surface area contributed by atoms with Crippen molar-refractivity contribution >= 4 is 22.9 Å². The van der Waals surface area contributed by atoms with Crippen LogP contribution in [0.2, 0.25) is 0 Å². The van der Waals surface area contributed by atoms with Gasteiger partial charge in [0.2, 0.25) is 0 Å². The van der Waals surface area contributed by atoms with Gasteiger partial charge in [0.05, 0.1) is 6.04 Å². The van der Waals surface area contributed by atoms with Crippen molar-refractivity contribution in [2.45, 2.75) is 179 Å². The Bertz CT molecular complexity index is 2770. The average molecular weight is 925 g/mol. The van der Waals surface area contributed by atoms with E-state index in [-0.39, 0.29) is 0 Å². The highest BCUT2D eigenvalue weighted by Gasteiger charge is 2.43. The SMILES string of the molecule is C1=CC2=C(CC1)CCCC2C1C=C(C2C=CC(N(c3ccc(C4=CCCC(C5=c6ccccc6=CCC5)C4)cc3)C3C=CC(C4CCC=C(N5C6=C(CCCC6)C6C=CCCC65)C4)=CC3)CC2)CCC1. The first-order valence-corrected chi connectivity index (χ1v) is 29.1. The van der Waals surface area contributed by atoms with Crippen molar-refractivity contribution in [3.05, 3.63) is 177 Å². The molecule has 2 aromatic rings. The summed E-state index contributed by atoms with van der Waals surface area (Å²) in [6.07, 6.45) is 65.7. The first-order chi connectivity index (χ1) is 34.7. The first-order valence-electron chi connectivity index (χ1n) is 29.1. The minimum absolute atomic E-state index is 0.358. The van der Waals surface area contributed by atoms with Gasteiger partial charge in [0, 0.05) is 35.1 Å². The van der Waals surface area contributed by atoms with Gasteiger partial charge in [0.15, 0.2) is 0 Å². The molecule has 0 aromatic heterocycles. The molecule has 0 spiro atoms. The van der Waals surface area contributed by atoms with Gasteiger partial charge >= 0.3 is 0 Å². The largest absolute Gasteiger partial charge is 0.358 e. The molecule has 2 heteroatoms. The summed E-state index contributed by atoms with van der Waals surface area (Å²) in [4.78, 5) is 5.76. The van der Waals surface area contributed by atoms with Gasteiger partial charge in [-0.2, -0.15) is 0 Å². The Hall–Kier alpha value is -4.82. The predicted molar refractivity (Wildman–Crippen MR) is 295 cm³/mol. The van der Waals surface area contributed by atoms with Crippen LogP contribution in [0.15, 0.2) is 161 Å². The van der Waals surface area contributed by atoms with Crippen molar-refractivity contribution in [2.24, 2.45) is 35.5 Å². The van der Waals surface area contributed by atoms with Crippen LogP contribution in [-0.4, -0.2) is 23.0 Å². The molecule has 0 saturated carbocycles. The minimum atomic E-state index is 0.358. The molecule has 13 rings (SSSR count). The smallest absolute Gasteiger partial charge is 0.0517 e. The van der Waals surface area contributed by atoms with Crippen LogP contribution >= 0.6 is 0 Å². The molecule has 11 aliphatic rings. The van der Waals surface area contributed by atoms with Gasteiger partial charge in [-0.15, -0.1) is 0 Å². The Balaban J connectivity index is 0.750. The number of benzene rings is 2. The maximum absolute atomic E-state index is 2.91. The van der Waals surface area contributed by atoms with E-state index < -0.39 is 0 Å². The van der Waals surface area contributed by atoms with Crippen LogP contribution in [0, 0.1) is 35.5 Å². The van der Waals surface area contributed by atoms with E-state index in [1.807, 2.05) is 0 Å². The van der Waals surface area contributed by atoms with Crippen molar-refractivity contribution in [1.82, 2.24) is 4.90 Å². The van der Waals surface area contributed by atoms with Crippen LogP contribution in [0.1, 0.15) is 166 Å². The molecule has 0 radical (unpaired) electrons. The molecule has 0 amide bonds. The van der Waals surface area contributed by atoms with Gasteiger partial charge in [-0.1, -0.05) is 132 Å². The zero-order valence-corrected chi connectivity index (χ0v) is 42.4. The van der Waals surface area contributed by atoms with Crippen LogP contribution in [0.4, 0.5) is 5.69 Å². The Labute approximate surface area is 421 Å². The second-order valence-corrected chi connectivity index (χ2v) is 23.6. The average Bonchev–Trinajstić information content (AvgIpc) is 3.78. The van der Waals surface area contributed by atoms with Gasteiger partial charge in [-0.05, 0) is 241 Å². The molecule has 70 heavy (non-hydrogen) atoms. The third kappa shape index (κ3) is 8.74. The fourth-order valence-corrected chi connectivity index (χ4v) is 16.4. The Morgan fingerprint density at radius 2 is 1.47 bits per heavy atom. The molecule has 2 nitrogen and oxygen atoms in total. The summed E-state index contributed by atoms with van der Waals surface area (Å²) in [5.41, 5.74) is 18.1. The zero-order valence-electron chi connectivity index (χ0n) is 42.4. The molecule has 362 valence electrons. The third-order valence-electron chi connectivity index (χ3n) is 19.8. The number of anilines is 1. The monoisotopic (exact) mass is 925 g/mol. The highest BCUT2D eigenvalue weighted by atomic mass is 15.2. The van der Waals surface area contributed by atoms with E-state index in [0.29, 0.717) is 41.8 Å². The maximum Gasteiger partial charge on any atom is 0.0517 e. The summed E-state index contributed by atoms with van der Waals surface area (Å²) >= 11 is 0. The lowest BCUT2D eigenvalue weighted by molar-refractivity contribution is 0.262. The molecular formula is C68H80N2. The second-order valence-electron chi connectivity index (χ2n) is 23.6. The van der Waals surface area contributed by atoms with Crippen LogP contribution in [0.5, 0.6) is 0 Å². The lowest BCUT2D eigenvalue weighted by Crippen LogP contribution is -2.43. The fraction of sp³-hybridized carbons (Fsp3) is 0.500. The van der Waals surface area contributed by atoms with Gasteiger partial charge < -0.3 is 9.80 Å². The molecule has 1 heterocycles. The molecule has 9 unspecified atom stereocenters. The van der Waals surface area contributed by atoms with Gasteiger partial charge in [0.1, 0.15) is 0 Å². The van der Waals surface area contributed by atoms with Crippen molar-refractivity contribution in [3.8, 4) is 0 Å². The van der Waals surface area contributed by atoms with Crippen LogP contribution in [-0.2, 0) is 0 Å². The van der Waals surface area contributed by atoms with E-state index in [2.05, 4.69) is 137 Å². The highest BCUT2D eigenvalue weighted by molar-refractivity contribution is 5.71. The number of allylic oxidation sites excluding steroid dienone is 15. The van der Waals surface area contributed by atoms with Crippen molar-refractivity contribution in [2.75, 3.05) is 4.90 Å². The van der Waals surface area contributed by atoms with E-state index in [0.717, 1.165) is 24.7 Å². The Morgan fingerprint density at radius 3 is 2.39 bits per heavy atom. The van der Waals surface area contributed by atoms with E-state index >= 15 is 0 Å². The minimum Gasteiger partial charge on any atom is -0.358 e. The topological polar surface area (TPSA) is 6.48 Å². The number of hydrogen-bond donors (Lipinski definition) is 0. The van der Waals surface area contributed by atoms with Crippen LogP contribution in [0.25, 0.3) is 17.2 Å². The third-order valence-corrected chi connectivity index (χ3v) is 19.8. The summed E-state index contributed by atoms with van der Waals surface area (Å²) in [7, 11) is 0. The van der Waals surface area contributed by atoms with Crippen LogP contribution < -0.4 is 15.3 Å². The number of nitrogens with zero attached hydrogens (tertiary/aromatic N) is 2. The second kappa shape index (κ2) is 20.0. The summed E-state index contributed by atoms with van der Waals surface area (Å²) in [5.74, 6) is 4.00. The molecule has 0 N–H and O–H groups in total. The molecule has 9 atom stereocenters. The lowest BCUT2D eigenvalue weighted by atomic mass is 9.68. The van der Waals surface area contributed by atoms with Crippen molar-refractivity contribution < 1.29 is 0 Å². The Kier molecular flexibility index (Phi) is 12.9. The van der Waals surface area contributed by atoms with Crippen molar-refractivity contribution in [1.29, 1.82) is 0 Å². The summed E-state index contributed by atoms with van der Waals surface area (Å²) in [6, 6.07) is 20.6. The quantitative estimate of drug-likeness (QED) is 0.231. The molecule has 0 bridgehead atoms. The van der Waals surface area contributed by atoms with E-state index in [9.17, 15) is 0 Å². The normalized spacial score (nSPS) is 32.8. The van der Waals surface area contributed by atoms with E-state index in [1.54, 1.807) is 50.4 Å². The van der Waals surface area contributed by atoms with Crippen molar-refractivity contribution in [3.63, 3.8) is 0 Å². The Morgan fingerprint density at radius 1 is 0.571 bits per heavy atom. The highest BCUT2D eigenvalue weighted by Crippen LogP contribution is 2.51. The molecule has 10 aliphatic carbocycles. The van der Waals surface area contributed by atoms with Gasteiger partial charge in [-0.25, -0.2) is 0 Å². The van der Waals surface area contributed by atoms with E-state index in [4.69, 9.17) is 0 Å².